The van der Waals surface area contributed by atoms with E-state index in [4.69, 9.17) is 0 Å². The van der Waals surface area contributed by atoms with E-state index in [1.54, 1.807) is 0 Å². The lowest BCUT2D eigenvalue weighted by Crippen LogP contribution is -2.17. The Morgan fingerprint density at radius 3 is 0.567 bits per heavy atom. The zero-order valence-corrected chi connectivity index (χ0v) is 37.9. The standard InChI is InChI=1S/C57H63N3/c1-40-13-25-46(26-14-40)58(49-31-19-43(20-32-49)55(4,5)6)52-37-53(59(47-27-15-41(2)16-28-47)50-33-21-44(22-34-50)56(7,8)9)39-54(38-52)60(48-29-17-42(3)18-30-48)51-35-23-45(24-36-51)57(10,11)12/h13-39H,1-12H3. The molecule has 0 heterocycles. The van der Waals surface area contributed by atoms with Gasteiger partial charge in [-0.1, -0.05) is 152 Å². The highest BCUT2D eigenvalue weighted by atomic mass is 15.2. The maximum Gasteiger partial charge on any atom is 0.0503 e. The van der Waals surface area contributed by atoms with Crippen molar-refractivity contribution in [3.63, 3.8) is 0 Å². The monoisotopic (exact) mass is 790 g/mol. The van der Waals surface area contributed by atoms with E-state index < -0.39 is 0 Å². The minimum absolute atomic E-state index is 0.0362. The molecule has 0 fully saturated rings. The third-order valence-corrected chi connectivity index (χ3v) is 11.5. The van der Waals surface area contributed by atoms with Crippen LogP contribution in [0.5, 0.6) is 0 Å². The fraction of sp³-hybridized carbons (Fsp3) is 0.263. The van der Waals surface area contributed by atoms with Crippen LogP contribution in [0.15, 0.2) is 164 Å². The highest BCUT2D eigenvalue weighted by molar-refractivity contribution is 5.89. The molecule has 0 atom stereocenters. The molecule has 0 aliphatic heterocycles. The summed E-state index contributed by atoms with van der Waals surface area (Å²) in [4.78, 5) is 7.22. The van der Waals surface area contributed by atoms with Crippen LogP contribution in [0.1, 0.15) is 95.7 Å². The lowest BCUT2D eigenvalue weighted by atomic mass is 9.87. The number of hydrogen-bond acceptors (Lipinski definition) is 3. The predicted octanol–water partition coefficient (Wildman–Crippen LogP) is 16.9. The molecule has 3 nitrogen and oxygen atoms in total. The first kappa shape index (κ1) is 42.1. The Balaban J connectivity index is 1.54. The molecular formula is C57H63N3. The summed E-state index contributed by atoms with van der Waals surface area (Å²) in [7, 11) is 0. The Hall–Kier alpha value is -6.06. The number of benzene rings is 7. The Morgan fingerprint density at radius 1 is 0.233 bits per heavy atom. The van der Waals surface area contributed by atoms with E-state index in [0.29, 0.717) is 0 Å². The van der Waals surface area contributed by atoms with Gasteiger partial charge in [0.15, 0.2) is 0 Å². The van der Waals surface area contributed by atoms with E-state index in [9.17, 15) is 0 Å². The molecule has 0 spiro atoms. The summed E-state index contributed by atoms with van der Waals surface area (Å²) in [6, 6.07) is 61.1. The van der Waals surface area contributed by atoms with Crippen LogP contribution in [-0.4, -0.2) is 0 Å². The second-order valence-electron chi connectivity index (χ2n) is 19.6. The molecule has 0 amide bonds. The molecule has 0 aliphatic rings. The van der Waals surface area contributed by atoms with Gasteiger partial charge in [0, 0.05) is 34.1 Å². The van der Waals surface area contributed by atoms with Crippen molar-refractivity contribution in [2.24, 2.45) is 0 Å². The van der Waals surface area contributed by atoms with Gasteiger partial charge in [-0.15, -0.1) is 0 Å². The highest BCUT2D eigenvalue weighted by Gasteiger charge is 2.24. The van der Waals surface area contributed by atoms with Crippen molar-refractivity contribution in [2.45, 2.75) is 99.3 Å². The van der Waals surface area contributed by atoms with E-state index in [1.165, 1.54) is 33.4 Å². The molecule has 0 aliphatic carbocycles. The van der Waals surface area contributed by atoms with Crippen molar-refractivity contribution >= 4 is 51.2 Å². The third kappa shape index (κ3) is 9.37. The van der Waals surface area contributed by atoms with Crippen LogP contribution in [0.4, 0.5) is 51.2 Å². The lowest BCUT2D eigenvalue weighted by Gasteiger charge is -2.33. The SMILES string of the molecule is Cc1ccc(N(c2ccc(C(C)(C)C)cc2)c2cc(N(c3ccc(C)cc3)c3ccc(C(C)(C)C)cc3)cc(N(c3ccc(C)cc3)c3ccc(C(C)(C)C)cc3)c2)cc1. The summed E-state index contributed by atoms with van der Waals surface area (Å²) in [5, 5.41) is 0. The van der Waals surface area contributed by atoms with Crippen molar-refractivity contribution in [3.05, 3.63) is 197 Å². The van der Waals surface area contributed by atoms with Gasteiger partial charge in [-0.3, -0.25) is 0 Å². The first-order valence-electron chi connectivity index (χ1n) is 21.4. The number of rotatable bonds is 9. The Bertz CT molecular complexity index is 2210. The molecule has 0 unspecified atom stereocenters. The second-order valence-corrected chi connectivity index (χ2v) is 19.6. The molecule has 306 valence electrons. The van der Waals surface area contributed by atoms with E-state index in [1.807, 2.05) is 0 Å². The van der Waals surface area contributed by atoms with Crippen LogP contribution in [0, 0.1) is 20.8 Å². The number of hydrogen-bond donors (Lipinski definition) is 0. The number of anilines is 9. The highest BCUT2D eigenvalue weighted by Crippen LogP contribution is 2.46. The van der Waals surface area contributed by atoms with Crippen molar-refractivity contribution in [1.29, 1.82) is 0 Å². The molecule has 0 aromatic heterocycles. The molecule has 60 heavy (non-hydrogen) atoms. The van der Waals surface area contributed by atoms with Crippen LogP contribution in [0.2, 0.25) is 0 Å². The molecule has 0 bridgehead atoms. The quantitative estimate of drug-likeness (QED) is 0.144. The van der Waals surface area contributed by atoms with Crippen LogP contribution in [0.3, 0.4) is 0 Å². The first-order chi connectivity index (χ1) is 28.3. The van der Waals surface area contributed by atoms with Gasteiger partial charge in [-0.25, -0.2) is 0 Å². The van der Waals surface area contributed by atoms with Gasteiger partial charge in [0.05, 0.1) is 17.1 Å². The Kier molecular flexibility index (Phi) is 11.6. The second kappa shape index (κ2) is 16.5. The van der Waals surface area contributed by atoms with Gasteiger partial charge in [0.25, 0.3) is 0 Å². The number of aryl methyl sites for hydroxylation is 3. The smallest absolute Gasteiger partial charge is 0.0503 e. The van der Waals surface area contributed by atoms with Gasteiger partial charge >= 0.3 is 0 Å². The van der Waals surface area contributed by atoms with Gasteiger partial charge in [-0.2, -0.15) is 0 Å². The summed E-state index contributed by atoms with van der Waals surface area (Å²) >= 11 is 0. The van der Waals surface area contributed by atoms with Crippen molar-refractivity contribution in [1.82, 2.24) is 0 Å². The third-order valence-electron chi connectivity index (χ3n) is 11.5. The van der Waals surface area contributed by atoms with E-state index in [2.05, 4.69) is 262 Å². The fourth-order valence-electron chi connectivity index (χ4n) is 7.72. The van der Waals surface area contributed by atoms with Crippen LogP contribution in [-0.2, 0) is 16.2 Å². The Labute approximate surface area is 361 Å². The zero-order chi connectivity index (χ0) is 43.0. The Morgan fingerprint density at radius 2 is 0.400 bits per heavy atom. The van der Waals surface area contributed by atoms with Crippen LogP contribution < -0.4 is 14.7 Å². The van der Waals surface area contributed by atoms with Crippen LogP contribution >= 0.6 is 0 Å². The summed E-state index contributed by atoms with van der Waals surface area (Å²) in [6.45, 7) is 26.9. The van der Waals surface area contributed by atoms with Gasteiger partial charge in [0.2, 0.25) is 0 Å². The molecule has 7 rings (SSSR count). The largest absolute Gasteiger partial charge is 0.310 e. The minimum Gasteiger partial charge on any atom is -0.310 e. The van der Waals surface area contributed by atoms with Gasteiger partial charge in [-0.05, 0) is 145 Å². The average molecular weight is 790 g/mol. The molecule has 0 N–H and O–H groups in total. The van der Waals surface area contributed by atoms with Crippen LogP contribution in [0.25, 0.3) is 0 Å². The van der Waals surface area contributed by atoms with Gasteiger partial charge in [0.1, 0.15) is 0 Å². The van der Waals surface area contributed by atoms with E-state index in [-0.39, 0.29) is 16.2 Å². The van der Waals surface area contributed by atoms with E-state index >= 15 is 0 Å². The molecule has 0 radical (unpaired) electrons. The minimum atomic E-state index is 0.0362. The molecule has 3 heteroatoms. The van der Waals surface area contributed by atoms with E-state index in [0.717, 1.165) is 51.2 Å². The molecule has 0 saturated heterocycles. The number of nitrogens with zero attached hydrogens (tertiary/aromatic N) is 3. The van der Waals surface area contributed by atoms with Crippen molar-refractivity contribution < 1.29 is 0 Å². The maximum atomic E-state index is 2.41. The summed E-state index contributed by atoms with van der Waals surface area (Å²) in [5.74, 6) is 0. The average Bonchev–Trinajstić information content (AvgIpc) is 3.20. The first-order valence-corrected chi connectivity index (χ1v) is 21.4. The molecule has 7 aromatic carbocycles. The van der Waals surface area contributed by atoms with Crippen molar-refractivity contribution in [3.8, 4) is 0 Å². The topological polar surface area (TPSA) is 9.72 Å². The molecular weight excluding hydrogens is 727 g/mol. The maximum absolute atomic E-state index is 2.41. The summed E-state index contributed by atoms with van der Waals surface area (Å²) in [6.07, 6.45) is 0. The lowest BCUT2D eigenvalue weighted by molar-refractivity contribution is 0.590. The van der Waals surface area contributed by atoms with Crippen molar-refractivity contribution in [2.75, 3.05) is 14.7 Å². The normalized spacial score (nSPS) is 12.0. The summed E-state index contributed by atoms with van der Waals surface area (Å²) < 4.78 is 0. The molecule has 0 saturated carbocycles. The zero-order valence-electron chi connectivity index (χ0n) is 37.9. The predicted molar refractivity (Wildman–Crippen MR) is 261 cm³/mol. The fourth-order valence-corrected chi connectivity index (χ4v) is 7.72. The van der Waals surface area contributed by atoms with Gasteiger partial charge < -0.3 is 14.7 Å². The summed E-state index contributed by atoms with van der Waals surface area (Å²) in [5.41, 5.74) is 17.5. The molecule has 7 aromatic rings.